The highest BCUT2D eigenvalue weighted by atomic mass is 32.2. The molecule has 0 aromatic heterocycles. The molecule has 0 aliphatic carbocycles. The number of aliphatic hydroxyl groups is 1. The minimum absolute atomic E-state index is 0.0493. The van der Waals surface area contributed by atoms with Crippen molar-refractivity contribution < 1.29 is 67.5 Å². The SMILES string of the molecule is CCC(C)(C)C(=O)C(=O)N1CCCC[C@H]1C(=O)O[C@H](CCc1ccc(OC)c(OC)c1)COCC(=O)NCCCCCNC(=O)c1cccc(NC(=O)[C@@H]2C[C@H](SC3=C(C(=O)O)N4C(=O)[C@H]([C@@H](C)O)[C@H]4[C@H]3C)CN2)c1. The number of carboxylic acids is 1. The molecule has 2 aromatic rings. The van der Waals surface area contributed by atoms with Crippen LogP contribution in [0.25, 0.3) is 0 Å². The number of Topliss-reactive ketones (excluding diaryl/α,β-unsaturated/α-hetero) is 1. The number of thioether (sulfide) groups is 1. The number of amides is 5. The number of piperidine rings is 1. The number of ether oxygens (including phenoxy) is 4. The van der Waals surface area contributed by atoms with E-state index in [2.05, 4.69) is 21.3 Å². The van der Waals surface area contributed by atoms with Crippen molar-refractivity contribution >= 4 is 64.7 Å². The number of β-lactam (4-membered cyclic amide) rings is 1. The number of carboxylic acid groups (broad SMARTS) is 1. The molecule has 0 spiro atoms. The van der Waals surface area contributed by atoms with E-state index in [1.807, 2.05) is 26.0 Å². The van der Waals surface area contributed by atoms with E-state index >= 15 is 0 Å². The molecule has 410 valence electrons. The first kappa shape index (κ1) is 58.2. The van der Waals surface area contributed by atoms with E-state index in [9.17, 15) is 48.6 Å². The number of ketones is 1. The van der Waals surface area contributed by atoms with Crippen LogP contribution in [0.3, 0.4) is 0 Å². The first-order valence-electron chi connectivity index (χ1n) is 26.0. The first-order valence-corrected chi connectivity index (χ1v) is 26.9. The summed E-state index contributed by atoms with van der Waals surface area (Å²) in [6.45, 7) is 9.76. The molecule has 4 aliphatic heterocycles. The summed E-state index contributed by atoms with van der Waals surface area (Å²) in [7, 11) is 3.09. The number of hydrogen-bond acceptors (Lipinski definition) is 15. The molecule has 2 aromatic carbocycles. The van der Waals surface area contributed by atoms with E-state index in [-0.39, 0.29) is 54.3 Å². The average Bonchev–Trinajstić information content (AvgIpc) is 3.97. The number of nitrogens with zero attached hydrogens (tertiary/aromatic N) is 2. The molecule has 20 nitrogen and oxygen atoms in total. The number of fused-ring (bicyclic) bond motifs is 1. The highest BCUT2D eigenvalue weighted by Crippen LogP contribution is 2.52. The van der Waals surface area contributed by atoms with Gasteiger partial charge in [-0.2, -0.15) is 0 Å². The van der Waals surface area contributed by atoms with Gasteiger partial charge in [0, 0.05) is 58.9 Å². The minimum Gasteiger partial charge on any atom is -0.493 e. The van der Waals surface area contributed by atoms with Crippen LogP contribution in [-0.4, -0.2) is 156 Å². The van der Waals surface area contributed by atoms with Gasteiger partial charge in [0.15, 0.2) is 11.5 Å². The fraction of sp³-hybridized carbons (Fsp3) is 0.593. The summed E-state index contributed by atoms with van der Waals surface area (Å²) in [6.07, 6.45) is 3.71. The Morgan fingerprint density at radius 1 is 0.960 bits per heavy atom. The predicted octanol–water partition coefficient (Wildman–Crippen LogP) is 4.22. The van der Waals surface area contributed by atoms with Gasteiger partial charge in [0.25, 0.3) is 11.8 Å². The lowest BCUT2D eigenvalue weighted by atomic mass is 9.79. The van der Waals surface area contributed by atoms with Gasteiger partial charge >= 0.3 is 11.9 Å². The molecule has 8 atom stereocenters. The van der Waals surface area contributed by atoms with Crippen LogP contribution in [0.15, 0.2) is 53.1 Å². The minimum atomic E-state index is -1.20. The summed E-state index contributed by atoms with van der Waals surface area (Å²) in [5.74, 6) is -4.23. The molecule has 0 saturated carbocycles. The van der Waals surface area contributed by atoms with Crippen LogP contribution in [-0.2, 0) is 49.5 Å². The second kappa shape index (κ2) is 26.6. The lowest BCUT2D eigenvalue weighted by molar-refractivity contribution is -0.166. The summed E-state index contributed by atoms with van der Waals surface area (Å²) in [5, 5.41) is 31.8. The Morgan fingerprint density at radius 3 is 2.39 bits per heavy atom. The number of likely N-dealkylation sites (tertiary alicyclic amines) is 1. The molecule has 0 radical (unpaired) electrons. The van der Waals surface area contributed by atoms with Crippen LogP contribution >= 0.6 is 11.8 Å². The van der Waals surface area contributed by atoms with E-state index in [1.165, 1.54) is 28.5 Å². The maximum Gasteiger partial charge on any atom is 0.353 e. The van der Waals surface area contributed by atoms with Crippen LogP contribution in [0.4, 0.5) is 5.69 Å². The van der Waals surface area contributed by atoms with Crippen molar-refractivity contribution in [1.82, 2.24) is 25.8 Å². The van der Waals surface area contributed by atoms with Crippen molar-refractivity contribution in [3.8, 4) is 11.5 Å². The summed E-state index contributed by atoms with van der Waals surface area (Å²) in [5.41, 5.74) is 0.768. The highest BCUT2D eigenvalue weighted by Gasteiger charge is 2.60. The van der Waals surface area contributed by atoms with Gasteiger partial charge in [-0.05, 0) is 107 Å². The Balaban J connectivity index is 0.902. The molecular weight excluding hydrogens is 989 g/mol. The number of methoxy groups -OCH3 is 2. The van der Waals surface area contributed by atoms with E-state index in [0.29, 0.717) is 111 Å². The van der Waals surface area contributed by atoms with Gasteiger partial charge in [-0.3, -0.25) is 28.8 Å². The Morgan fingerprint density at radius 2 is 1.69 bits per heavy atom. The summed E-state index contributed by atoms with van der Waals surface area (Å²) < 4.78 is 22.6. The van der Waals surface area contributed by atoms with Gasteiger partial charge in [0.05, 0.1) is 44.9 Å². The number of rotatable bonds is 27. The number of anilines is 1. The van der Waals surface area contributed by atoms with Crippen molar-refractivity contribution in [2.45, 2.75) is 134 Å². The number of nitrogens with one attached hydrogen (secondary N) is 4. The normalized spacial score (nSPS) is 22.1. The molecule has 3 fully saturated rings. The standard InChI is InChI=1S/C54H74N6O14S/c1-8-54(4,5)47(63)51(67)59-24-13-10-17-39(59)53(70)74-36(20-18-33-19-21-40(71-6)41(25-33)72-7)29-73-30-42(62)55-22-11-9-12-23-56-48(64)34-15-14-16-35(26-34)58-49(65)38-27-37(28-57-38)75-46-31(2)44-43(32(3)61)50(66)60(44)45(46)52(68)69/h14-16,19,21,25-26,31-32,36-39,43-44,57,61H,8-13,17-18,20,22-24,27-30H2,1-7H3,(H,55,62)(H,56,64)(H,58,65)(H,68,69)/t31-,32-,36-,37+,38+,39+,43-,44-/m1/s1. The van der Waals surface area contributed by atoms with Gasteiger partial charge in [0.2, 0.25) is 23.5 Å². The largest absolute Gasteiger partial charge is 0.493 e. The molecule has 4 aliphatic rings. The molecule has 6 N–H and O–H groups in total. The fourth-order valence-electron chi connectivity index (χ4n) is 9.89. The fourth-order valence-corrected chi connectivity index (χ4v) is 11.4. The Kier molecular flexibility index (Phi) is 20.7. The van der Waals surface area contributed by atoms with E-state index in [4.69, 9.17) is 18.9 Å². The molecule has 0 unspecified atom stereocenters. The molecule has 3 saturated heterocycles. The van der Waals surface area contributed by atoms with Crippen molar-refractivity contribution in [1.29, 1.82) is 0 Å². The maximum atomic E-state index is 13.8. The second-order valence-electron chi connectivity index (χ2n) is 20.3. The number of aryl methyl sites for hydroxylation is 1. The van der Waals surface area contributed by atoms with Gasteiger partial charge in [-0.15, -0.1) is 11.8 Å². The third kappa shape index (κ3) is 14.5. The smallest absolute Gasteiger partial charge is 0.353 e. The Hall–Kier alpha value is -6.03. The molecule has 4 heterocycles. The number of esters is 1. The van der Waals surface area contributed by atoms with Crippen molar-refractivity contribution in [2.75, 3.05) is 58.9 Å². The molecule has 75 heavy (non-hydrogen) atoms. The van der Waals surface area contributed by atoms with Gasteiger partial charge < -0.3 is 60.2 Å². The van der Waals surface area contributed by atoms with E-state index < -0.39 is 71.2 Å². The Bertz CT molecular complexity index is 2460. The number of aliphatic hydroxyl groups excluding tert-OH is 1. The Labute approximate surface area is 442 Å². The molecule has 21 heteroatoms. The van der Waals surface area contributed by atoms with Crippen LogP contribution < -0.4 is 30.7 Å². The lowest BCUT2D eigenvalue weighted by Crippen LogP contribution is -2.63. The monoisotopic (exact) mass is 1060 g/mol. The number of carbonyl (C=O) groups is 8. The van der Waals surface area contributed by atoms with Crippen LogP contribution in [0.2, 0.25) is 0 Å². The number of hydrogen-bond donors (Lipinski definition) is 6. The van der Waals surface area contributed by atoms with Crippen LogP contribution in [0.1, 0.15) is 108 Å². The van der Waals surface area contributed by atoms with Crippen molar-refractivity contribution in [3.05, 3.63) is 64.2 Å². The molecule has 0 bridgehead atoms. The molecule has 5 amide bonds. The number of aliphatic carboxylic acids is 1. The van der Waals surface area contributed by atoms with Crippen LogP contribution in [0.5, 0.6) is 11.5 Å². The number of carbonyl (C=O) groups excluding carboxylic acids is 7. The molecule has 6 rings (SSSR count). The zero-order chi connectivity index (χ0) is 54.6. The zero-order valence-corrected chi connectivity index (χ0v) is 44.9. The van der Waals surface area contributed by atoms with Crippen molar-refractivity contribution in [2.24, 2.45) is 17.3 Å². The van der Waals surface area contributed by atoms with Gasteiger partial charge in [-0.25, -0.2) is 9.59 Å². The second-order valence-corrected chi connectivity index (χ2v) is 21.7. The summed E-state index contributed by atoms with van der Waals surface area (Å²) in [6, 6.07) is 10.2. The average molecular weight is 1060 g/mol. The topological polar surface area (TPSA) is 269 Å². The molecular formula is C54H74N6O14S. The number of unbranched alkanes of at least 4 members (excludes halogenated alkanes) is 2. The summed E-state index contributed by atoms with van der Waals surface area (Å²) >= 11 is 1.36. The third-order valence-electron chi connectivity index (χ3n) is 14.6. The predicted molar refractivity (Wildman–Crippen MR) is 279 cm³/mol. The van der Waals surface area contributed by atoms with Crippen LogP contribution in [0, 0.1) is 17.3 Å². The quantitative estimate of drug-likeness (QED) is 0.0316. The summed E-state index contributed by atoms with van der Waals surface area (Å²) in [4.78, 5) is 108. The number of benzene rings is 2. The third-order valence-corrected chi connectivity index (χ3v) is 16.1. The van der Waals surface area contributed by atoms with Gasteiger partial charge in [0.1, 0.15) is 24.4 Å². The maximum absolute atomic E-state index is 13.8. The van der Waals surface area contributed by atoms with E-state index in [1.54, 1.807) is 58.4 Å². The zero-order valence-electron chi connectivity index (χ0n) is 44.1. The van der Waals surface area contributed by atoms with E-state index in [0.717, 1.165) is 5.56 Å². The van der Waals surface area contributed by atoms with Crippen molar-refractivity contribution in [3.63, 3.8) is 0 Å². The lowest BCUT2D eigenvalue weighted by Gasteiger charge is -2.46. The van der Waals surface area contributed by atoms with Gasteiger partial charge in [-0.1, -0.05) is 39.8 Å². The first-order chi connectivity index (χ1) is 35.8. The highest BCUT2D eigenvalue weighted by molar-refractivity contribution is 8.03.